The third-order valence-corrected chi connectivity index (χ3v) is 5.31. The molecule has 2 N–H and O–H groups in total. The van der Waals surface area contributed by atoms with Crippen molar-refractivity contribution in [2.24, 2.45) is 0 Å². The normalized spacial score (nSPS) is 11.0. The van der Waals surface area contributed by atoms with Gasteiger partial charge in [0, 0.05) is 5.69 Å². The number of hydrogen-bond acceptors (Lipinski definition) is 6. The summed E-state index contributed by atoms with van der Waals surface area (Å²) in [5.41, 5.74) is 4.23. The van der Waals surface area contributed by atoms with Crippen molar-refractivity contribution in [1.82, 2.24) is 30.2 Å². The zero-order chi connectivity index (χ0) is 19.6. The van der Waals surface area contributed by atoms with Crippen molar-refractivity contribution in [1.29, 1.82) is 0 Å². The molecule has 0 saturated carbocycles. The van der Waals surface area contributed by atoms with Crippen LogP contribution in [0.4, 0.5) is 5.69 Å². The lowest BCUT2D eigenvalue weighted by molar-refractivity contribution is -0.115. The van der Waals surface area contributed by atoms with E-state index in [0.29, 0.717) is 0 Å². The Kier molecular flexibility index (Phi) is 4.34. The fraction of sp³-hybridized carbons (Fsp3) is 0.0500. The molecule has 0 unspecified atom stereocenters. The minimum absolute atomic E-state index is 0.0856. The van der Waals surface area contributed by atoms with Crippen LogP contribution < -0.4 is 5.32 Å². The largest absolute Gasteiger partial charge is 0.337 e. The van der Waals surface area contributed by atoms with Gasteiger partial charge < -0.3 is 10.3 Å². The summed E-state index contributed by atoms with van der Waals surface area (Å²) in [5, 5.41) is 16.0. The maximum absolute atomic E-state index is 12.5. The van der Waals surface area contributed by atoms with Crippen LogP contribution in [0.3, 0.4) is 0 Å². The van der Waals surface area contributed by atoms with Gasteiger partial charge in [-0.1, -0.05) is 18.2 Å². The Labute approximate surface area is 169 Å². The number of hydrogen-bond donors (Lipinski definition) is 2. The van der Waals surface area contributed by atoms with Crippen LogP contribution in [0.15, 0.2) is 66.3 Å². The van der Waals surface area contributed by atoms with Crippen molar-refractivity contribution in [2.75, 3.05) is 5.32 Å². The number of carbonyl (C=O) groups is 1. The number of aromatic amines is 1. The molecular weight excluding hydrogens is 386 g/mol. The van der Waals surface area contributed by atoms with Crippen LogP contribution in [0.25, 0.3) is 27.4 Å². The Bertz CT molecular complexity index is 1260. The van der Waals surface area contributed by atoms with Gasteiger partial charge in [0.2, 0.25) is 5.91 Å². The van der Waals surface area contributed by atoms with Crippen molar-refractivity contribution in [3.05, 3.63) is 71.9 Å². The number of tetrazole rings is 1. The van der Waals surface area contributed by atoms with Gasteiger partial charge in [0.1, 0.15) is 12.2 Å². The van der Waals surface area contributed by atoms with Gasteiger partial charge in [0.15, 0.2) is 0 Å². The molecule has 3 heterocycles. The van der Waals surface area contributed by atoms with Gasteiger partial charge in [-0.15, -0.1) is 16.4 Å². The van der Waals surface area contributed by atoms with E-state index < -0.39 is 0 Å². The number of amides is 1. The number of benzene rings is 2. The minimum Gasteiger partial charge on any atom is -0.337 e. The topological polar surface area (TPSA) is 101 Å². The van der Waals surface area contributed by atoms with Crippen LogP contribution in [0, 0.1) is 0 Å². The van der Waals surface area contributed by atoms with Crippen molar-refractivity contribution in [3.63, 3.8) is 0 Å². The molecule has 0 spiro atoms. The zero-order valence-electron chi connectivity index (χ0n) is 15.1. The second-order valence-corrected chi connectivity index (χ2v) is 7.39. The number of rotatable bonds is 5. The molecule has 0 atom stereocenters. The van der Waals surface area contributed by atoms with E-state index in [2.05, 4.69) is 30.8 Å². The van der Waals surface area contributed by atoms with Crippen molar-refractivity contribution in [2.45, 2.75) is 6.42 Å². The molecule has 0 aliphatic carbocycles. The Morgan fingerprint density at radius 1 is 1.14 bits per heavy atom. The molecule has 1 amide bonds. The summed E-state index contributed by atoms with van der Waals surface area (Å²) >= 11 is 1.63. The highest BCUT2D eigenvalue weighted by atomic mass is 32.1. The SMILES string of the molecule is O=C(Cc1ccc(-n2cnnn2)cc1)Nc1ccc2nc(-c3cccs3)[nH]c2c1. The number of fused-ring (bicyclic) bond motifs is 1. The zero-order valence-corrected chi connectivity index (χ0v) is 15.9. The van der Waals surface area contributed by atoms with Gasteiger partial charge in [-0.3, -0.25) is 4.79 Å². The Morgan fingerprint density at radius 2 is 2.03 bits per heavy atom. The average molecular weight is 401 g/mol. The molecule has 0 radical (unpaired) electrons. The van der Waals surface area contributed by atoms with Gasteiger partial charge >= 0.3 is 0 Å². The first-order valence-electron chi connectivity index (χ1n) is 8.90. The molecule has 0 saturated heterocycles. The number of nitrogens with zero attached hydrogens (tertiary/aromatic N) is 5. The van der Waals surface area contributed by atoms with Crippen molar-refractivity contribution < 1.29 is 4.79 Å². The summed E-state index contributed by atoms with van der Waals surface area (Å²) in [6, 6.07) is 17.2. The molecule has 9 heteroatoms. The lowest BCUT2D eigenvalue weighted by atomic mass is 10.1. The second kappa shape index (κ2) is 7.28. The molecule has 5 rings (SSSR count). The Balaban J connectivity index is 1.28. The molecule has 142 valence electrons. The van der Waals surface area contributed by atoms with E-state index >= 15 is 0 Å². The number of H-pyrrole nitrogens is 1. The smallest absolute Gasteiger partial charge is 0.228 e. The van der Waals surface area contributed by atoms with Gasteiger partial charge in [-0.05, 0) is 57.8 Å². The monoisotopic (exact) mass is 401 g/mol. The number of nitrogens with one attached hydrogen (secondary N) is 2. The maximum atomic E-state index is 12.5. The van der Waals surface area contributed by atoms with Crippen LogP contribution in [-0.4, -0.2) is 36.1 Å². The number of anilines is 1. The van der Waals surface area contributed by atoms with Gasteiger partial charge in [0.25, 0.3) is 0 Å². The Morgan fingerprint density at radius 3 is 2.79 bits per heavy atom. The molecule has 2 aromatic carbocycles. The highest BCUT2D eigenvalue weighted by molar-refractivity contribution is 7.13. The summed E-state index contributed by atoms with van der Waals surface area (Å²) in [4.78, 5) is 21.4. The molecule has 0 aliphatic heterocycles. The molecule has 0 bridgehead atoms. The number of aromatic nitrogens is 6. The average Bonchev–Trinajstić information content (AvgIpc) is 3.48. The summed E-state index contributed by atoms with van der Waals surface area (Å²) in [5.74, 6) is 0.749. The summed E-state index contributed by atoms with van der Waals surface area (Å²) in [6.45, 7) is 0. The molecule has 8 nitrogen and oxygen atoms in total. The second-order valence-electron chi connectivity index (χ2n) is 6.44. The first-order valence-corrected chi connectivity index (χ1v) is 9.78. The summed E-state index contributed by atoms with van der Waals surface area (Å²) in [6.07, 6.45) is 1.80. The predicted octanol–water partition coefficient (Wildman–Crippen LogP) is 3.45. The predicted molar refractivity (Wildman–Crippen MR) is 111 cm³/mol. The lowest BCUT2D eigenvalue weighted by Crippen LogP contribution is -2.14. The molecule has 0 aliphatic rings. The van der Waals surface area contributed by atoms with E-state index in [1.807, 2.05) is 60.0 Å². The molecule has 0 fully saturated rings. The minimum atomic E-state index is -0.0856. The number of imidazole rings is 1. The van der Waals surface area contributed by atoms with Crippen LogP contribution in [0.2, 0.25) is 0 Å². The van der Waals surface area contributed by atoms with E-state index in [1.54, 1.807) is 16.0 Å². The fourth-order valence-corrected chi connectivity index (χ4v) is 3.72. The number of carbonyl (C=O) groups excluding carboxylic acids is 1. The van der Waals surface area contributed by atoms with Crippen molar-refractivity contribution in [3.8, 4) is 16.4 Å². The Hall–Kier alpha value is -3.85. The van der Waals surface area contributed by atoms with Crippen molar-refractivity contribution >= 4 is 34.0 Å². The van der Waals surface area contributed by atoms with Gasteiger partial charge in [0.05, 0.1) is 28.0 Å². The summed E-state index contributed by atoms with van der Waals surface area (Å²) in [7, 11) is 0. The van der Waals surface area contributed by atoms with Crippen LogP contribution >= 0.6 is 11.3 Å². The van der Waals surface area contributed by atoms with E-state index in [0.717, 1.165) is 38.7 Å². The lowest BCUT2D eigenvalue weighted by Gasteiger charge is -2.06. The van der Waals surface area contributed by atoms with E-state index in [9.17, 15) is 4.79 Å². The van der Waals surface area contributed by atoms with Gasteiger partial charge in [-0.25, -0.2) is 9.67 Å². The number of thiophene rings is 1. The third-order valence-electron chi connectivity index (χ3n) is 4.43. The summed E-state index contributed by atoms with van der Waals surface area (Å²) < 4.78 is 1.56. The maximum Gasteiger partial charge on any atom is 0.228 e. The van der Waals surface area contributed by atoms with E-state index in [-0.39, 0.29) is 12.3 Å². The van der Waals surface area contributed by atoms with Gasteiger partial charge in [-0.2, -0.15) is 0 Å². The first kappa shape index (κ1) is 17.3. The van der Waals surface area contributed by atoms with E-state index in [1.165, 1.54) is 6.33 Å². The fourth-order valence-electron chi connectivity index (χ4n) is 3.05. The quantitative estimate of drug-likeness (QED) is 0.470. The standard InChI is InChI=1S/C20H15N7OS/c28-19(10-13-3-6-15(7-4-13)27-12-21-25-26-27)22-14-5-8-16-17(11-14)24-20(23-16)18-2-1-9-29-18/h1-9,11-12H,10H2,(H,22,28)(H,23,24). The van der Waals surface area contributed by atoms with Crippen LogP contribution in [0.1, 0.15) is 5.56 Å². The molecule has 29 heavy (non-hydrogen) atoms. The third kappa shape index (κ3) is 3.63. The highest BCUT2D eigenvalue weighted by Gasteiger charge is 2.09. The van der Waals surface area contributed by atoms with Crippen LogP contribution in [0.5, 0.6) is 0 Å². The molecule has 5 aromatic rings. The molecule has 3 aromatic heterocycles. The highest BCUT2D eigenvalue weighted by Crippen LogP contribution is 2.26. The molecular formula is C20H15N7OS. The van der Waals surface area contributed by atoms with E-state index in [4.69, 9.17) is 0 Å². The van der Waals surface area contributed by atoms with Crippen LogP contribution in [-0.2, 0) is 11.2 Å². The first-order chi connectivity index (χ1) is 14.2.